The predicted octanol–water partition coefficient (Wildman–Crippen LogP) is 3.72. The number of hydrogen-bond acceptors (Lipinski definition) is 2. The van der Waals surface area contributed by atoms with E-state index in [9.17, 15) is 0 Å². The van der Waals surface area contributed by atoms with Crippen LogP contribution in [0.2, 0.25) is 0 Å². The third-order valence-electron chi connectivity index (χ3n) is 3.61. The molecule has 2 aromatic carbocycles. The molecule has 0 saturated heterocycles. The Morgan fingerprint density at radius 3 is 2.52 bits per heavy atom. The van der Waals surface area contributed by atoms with Crippen molar-refractivity contribution < 1.29 is 0 Å². The maximum Gasteiger partial charge on any atom is 0.0693 e. The molecule has 0 fully saturated rings. The zero-order valence-electron chi connectivity index (χ0n) is 12.1. The number of para-hydroxylation sites is 1. The van der Waals surface area contributed by atoms with Gasteiger partial charge in [-0.3, -0.25) is 0 Å². The first-order chi connectivity index (χ1) is 10.3. The van der Waals surface area contributed by atoms with Gasteiger partial charge in [-0.05, 0) is 30.2 Å². The van der Waals surface area contributed by atoms with Crippen molar-refractivity contribution in [2.24, 2.45) is 0 Å². The van der Waals surface area contributed by atoms with Gasteiger partial charge in [-0.15, -0.1) is 0 Å². The Morgan fingerprint density at radius 1 is 1.00 bits per heavy atom. The van der Waals surface area contributed by atoms with Crippen LogP contribution in [0, 0.1) is 0 Å². The molecule has 3 rings (SSSR count). The third kappa shape index (κ3) is 3.20. The fraction of sp³-hybridized carbons (Fsp3) is 0.167. The van der Waals surface area contributed by atoms with E-state index in [0.29, 0.717) is 0 Å². The van der Waals surface area contributed by atoms with Gasteiger partial charge in [0.2, 0.25) is 0 Å². The molecule has 3 nitrogen and oxygen atoms in total. The van der Waals surface area contributed by atoms with Crippen molar-refractivity contribution in [1.29, 1.82) is 0 Å². The van der Waals surface area contributed by atoms with Gasteiger partial charge < -0.3 is 5.32 Å². The van der Waals surface area contributed by atoms with Crippen LogP contribution in [-0.2, 0) is 6.54 Å². The van der Waals surface area contributed by atoms with Gasteiger partial charge in [0.25, 0.3) is 0 Å². The Labute approximate surface area is 125 Å². The van der Waals surface area contributed by atoms with Crippen LogP contribution < -0.4 is 5.32 Å². The van der Waals surface area contributed by atoms with Gasteiger partial charge in [-0.25, -0.2) is 4.68 Å². The molecule has 0 saturated carbocycles. The molecule has 3 heteroatoms. The number of hydrogen-bond donors (Lipinski definition) is 1. The number of benzene rings is 2. The minimum atomic E-state index is 0.255. The molecule has 0 aliphatic rings. The summed E-state index contributed by atoms with van der Waals surface area (Å²) in [7, 11) is 0. The standard InChI is InChI=1S/C18H19N3/c1-15(19-14-16-8-3-2-4-9-16)17-10-5-6-11-18(17)21-13-7-12-20-21/h2-13,15,19H,14H2,1H3/t15-/m0/s1. The van der Waals surface area contributed by atoms with E-state index in [2.05, 4.69) is 59.8 Å². The highest BCUT2D eigenvalue weighted by Crippen LogP contribution is 2.21. The van der Waals surface area contributed by atoms with Crippen LogP contribution in [0.4, 0.5) is 0 Å². The topological polar surface area (TPSA) is 29.9 Å². The molecular weight excluding hydrogens is 258 g/mol. The molecule has 0 bridgehead atoms. The van der Waals surface area contributed by atoms with Crippen molar-refractivity contribution in [2.75, 3.05) is 0 Å². The number of aromatic nitrogens is 2. The highest BCUT2D eigenvalue weighted by atomic mass is 15.3. The lowest BCUT2D eigenvalue weighted by Crippen LogP contribution is -2.19. The molecule has 1 aromatic heterocycles. The summed E-state index contributed by atoms with van der Waals surface area (Å²) in [5.41, 5.74) is 3.66. The molecule has 1 heterocycles. The number of rotatable bonds is 5. The Bertz CT molecular complexity index is 675. The lowest BCUT2D eigenvalue weighted by Gasteiger charge is -2.18. The van der Waals surface area contributed by atoms with E-state index in [-0.39, 0.29) is 6.04 Å². The van der Waals surface area contributed by atoms with Crippen molar-refractivity contribution in [3.8, 4) is 5.69 Å². The van der Waals surface area contributed by atoms with Crippen LogP contribution in [0.3, 0.4) is 0 Å². The first-order valence-electron chi connectivity index (χ1n) is 7.21. The second kappa shape index (κ2) is 6.37. The molecule has 0 amide bonds. The smallest absolute Gasteiger partial charge is 0.0693 e. The van der Waals surface area contributed by atoms with Crippen LogP contribution in [0.25, 0.3) is 5.69 Å². The Morgan fingerprint density at radius 2 is 1.76 bits per heavy atom. The number of nitrogens with zero attached hydrogens (tertiary/aromatic N) is 2. The van der Waals surface area contributed by atoms with Gasteiger partial charge in [-0.2, -0.15) is 5.10 Å². The Hall–Kier alpha value is -2.39. The molecule has 1 atom stereocenters. The third-order valence-corrected chi connectivity index (χ3v) is 3.61. The monoisotopic (exact) mass is 277 g/mol. The average Bonchev–Trinajstić information content (AvgIpc) is 3.08. The largest absolute Gasteiger partial charge is 0.306 e. The summed E-state index contributed by atoms with van der Waals surface area (Å²) in [6.07, 6.45) is 3.78. The highest BCUT2D eigenvalue weighted by molar-refractivity contribution is 5.42. The second-order valence-electron chi connectivity index (χ2n) is 5.10. The SMILES string of the molecule is C[C@H](NCc1ccccc1)c1ccccc1-n1cccn1. The average molecular weight is 277 g/mol. The van der Waals surface area contributed by atoms with E-state index in [4.69, 9.17) is 0 Å². The van der Waals surface area contributed by atoms with Crippen LogP contribution in [-0.4, -0.2) is 9.78 Å². The molecule has 21 heavy (non-hydrogen) atoms. The van der Waals surface area contributed by atoms with E-state index in [1.54, 1.807) is 6.20 Å². The maximum atomic E-state index is 4.34. The zero-order chi connectivity index (χ0) is 14.5. The van der Waals surface area contributed by atoms with Crippen LogP contribution >= 0.6 is 0 Å². The van der Waals surface area contributed by atoms with Gasteiger partial charge >= 0.3 is 0 Å². The summed E-state index contributed by atoms with van der Waals surface area (Å²) in [5.74, 6) is 0. The van der Waals surface area contributed by atoms with Crippen LogP contribution in [0.5, 0.6) is 0 Å². The molecule has 0 aliphatic carbocycles. The van der Waals surface area contributed by atoms with Gasteiger partial charge in [-0.1, -0.05) is 48.5 Å². The summed E-state index contributed by atoms with van der Waals surface area (Å²) >= 11 is 0. The van der Waals surface area contributed by atoms with E-state index in [1.807, 2.05) is 29.1 Å². The summed E-state index contributed by atoms with van der Waals surface area (Å²) in [6.45, 7) is 3.04. The quantitative estimate of drug-likeness (QED) is 0.770. The van der Waals surface area contributed by atoms with E-state index < -0.39 is 0 Å². The first-order valence-corrected chi connectivity index (χ1v) is 7.21. The van der Waals surface area contributed by atoms with Gasteiger partial charge in [0, 0.05) is 25.0 Å². The summed E-state index contributed by atoms with van der Waals surface area (Å²) in [5, 5.41) is 7.91. The summed E-state index contributed by atoms with van der Waals surface area (Å²) < 4.78 is 1.91. The van der Waals surface area contributed by atoms with E-state index in [1.165, 1.54) is 11.1 Å². The normalized spacial score (nSPS) is 12.2. The zero-order valence-corrected chi connectivity index (χ0v) is 12.1. The Balaban J connectivity index is 1.77. The fourth-order valence-electron chi connectivity index (χ4n) is 2.45. The van der Waals surface area contributed by atoms with Gasteiger partial charge in [0.05, 0.1) is 5.69 Å². The van der Waals surface area contributed by atoms with Crippen molar-refractivity contribution in [2.45, 2.75) is 19.5 Å². The molecule has 0 spiro atoms. The minimum Gasteiger partial charge on any atom is -0.306 e. The number of nitrogens with one attached hydrogen (secondary N) is 1. The molecular formula is C18H19N3. The van der Waals surface area contributed by atoms with Crippen molar-refractivity contribution in [3.05, 3.63) is 84.2 Å². The first kappa shape index (κ1) is 13.6. The van der Waals surface area contributed by atoms with Crippen LogP contribution in [0.15, 0.2) is 73.1 Å². The highest BCUT2D eigenvalue weighted by Gasteiger charge is 2.11. The molecule has 1 N–H and O–H groups in total. The summed E-state index contributed by atoms with van der Waals surface area (Å²) in [6, 6.07) is 21.0. The molecule has 3 aromatic rings. The van der Waals surface area contributed by atoms with Crippen molar-refractivity contribution in [3.63, 3.8) is 0 Å². The molecule has 0 aliphatic heterocycles. The predicted molar refractivity (Wildman–Crippen MR) is 85.3 cm³/mol. The second-order valence-corrected chi connectivity index (χ2v) is 5.10. The Kier molecular flexibility index (Phi) is 4.12. The molecule has 0 unspecified atom stereocenters. The van der Waals surface area contributed by atoms with Gasteiger partial charge in [0.1, 0.15) is 0 Å². The minimum absolute atomic E-state index is 0.255. The lowest BCUT2D eigenvalue weighted by atomic mass is 10.1. The van der Waals surface area contributed by atoms with E-state index >= 15 is 0 Å². The lowest BCUT2D eigenvalue weighted by molar-refractivity contribution is 0.570. The molecule has 0 radical (unpaired) electrons. The molecule has 106 valence electrons. The summed E-state index contributed by atoms with van der Waals surface area (Å²) in [4.78, 5) is 0. The van der Waals surface area contributed by atoms with Crippen molar-refractivity contribution >= 4 is 0 Å². The van der Waals surface area contributed by atoms with Crippen LogP contribution in [0.1, 0.15) is 24.1 Å². The fourth-order valence-corrected chi connectivity index (χ4v) is 2.45. The van der Waals surface area contributed by atoms with E-state index in [0.717, 1.165) is 12.2 Å². The maximum absolute atomic E-state index is 4.34. The van der Waals surface area contributed by atoms with Crippen molar-refractivity contribution in [1.82, 2.24) is 15.1 Å². The van der Waals surface area contributed by atoms with Gasteiger partial charge in [0.15, 0.2) is 0 Å².